The lowest BCUT2D eigenvalue weighted by Gasteiger charge is -2.44. The molecule has 16 heavy (non-hydrogen) atoms. The van der Waals surface area contributed by atoms with E-state index in [1.807, 2.05) is 0 Å². The predicted octanol–water partition coefficient (Wildman–Crippen LogP) is 2.97. The highest BCUT2D eigenvalue weighted by Gasteiger charge is 2.44. The van der Waals surface area contributed by atoms with Crippen molar-refractivity contribution in [3.05, 3.63) is 12.2 Å². The summed E-state index contributed by atoms with van der Waals surface area (Å²) in [5, 5.41) is 0. The van der Waals surface area contributed by atoms with Gasteiger partial charge in [-0.1, -0.05) is 26.0 Å². The second-order valence-corrected chi connectivity index (χ2v) is 6.38. The molecule has 0 saturated heterocycles. The third-order valence-electron chi connectivity index (χ3n) is 4.14. The van der Waals surface area contributed by atoms with Crippen LogP contribution in [0.1, 0.15) is 40.0 Å². The molecule has 0 spiro atoms. The first-order chi connectivity index (χ1) is 7.35. The zero-order chi connectivity index (χ0) is 12.0. The smallest absolute Gasteiger partial charge is 0.140 e. The molecule has 2 aliphatic carbocycles. The van der Waals surface area contributed by atoms with E-state index in [1.54, 1.807) is 7.11 Å². The maximum atomic E-state index is 12.1. The molecule has 1 saturated carbocycles. The van der Waals surface area contributed by atoms with Crippen LogP contribution in [0.25, 0.3) is 0 Å². The largest absolute Gasteiger partial charge is 0.374 e. The lowest BCUT2D eigenvalue weighted by Crippen LogP contribution is -2.43. The second-order valence-electron chi connectivity index (χ2n) is 6.38. The van der Waals surface area contributed by atoms with Gasteiger partial charge in [0, 0.05) is 19.4 Å². The molecule has 1 fully saturated rings. The van der Waals surface area contributed by atoms with Gasteiger partial charge in [-0.3, -0.25) is 4.79 Å². The summed E-state index contributed by atoms with van der Waals surface area (Å²) >= 11 is 0. The van der Waals surface area contributed by atoms with Crippen LogP contribution in [0.2, 0.25) is 0 Å². The molecule has 2 heteroatoms. The minimum Gasteiger partial charge on any atom is -0.374 e. The van der Waals surface area contributed by atoms with Crippen molar-refractivity contribution in [1.29, 1.82) is 0 Å². The SMILES string of the molecule is CO[C@]1(C)C=CC2C(=O)CC(C)(C)C[C@@H]2C1. The Labute approximate surface area is 98.1 Å². The van der Waals surface area contributed by atoms with E-state index in [9.17, 15) is 4.79 Å². The normalized spacial score (nSPS) is 41.9. The zero-order valence-electron chi connectivity index (χ0n) is 10.7. The van der Waals surface area contributed by atoms with Gasteiger partial charge in [-0.15, -0.1) is 0 Å². The van der Waals surface area contributed by atoms with Crippen molar-refractivity contribution in [2.45, 2.75) is 45.6 Å². The summed E-state index contributed by atoms with van der Waals surface area (Å²) in [7, 11) is 1.75. The Balaban J connectivity index is 2.23. The van der Waals surface area contributed by atoms with E-state index in [0.717, 1.165) is 19.3 Å². The summed E-state index contributed by atoms with van der Waals surface area (Å²) < 4.78 is 5.53. The van der Waals surface area contributed by atoms with E-state index in [4.69, 9.17) is 4.74 Å². The van der Waals surface area contributed by atoms with Crippen LogP contribution in [0.4, 0.5) is 0 Å². The Kier molecular flexibility index (Phi) is 2.73. The lowest BCUT2D eigenvalue weighted by atomic mass is 9.62. The quantitative estimate of drug-likeness (QED) is 0.638. The molecule has 2 nitrogen and oxygen atoms in total. The van der Waals surface area contributed by atoms with E-state index < -0.39 is 0 Å². The van der Waals surface area contributed by atoms with Gasteiger partial charge in [0.25, 0.3) is 0 Å². The predicted molar refractivity (Wildman–Crippen MR) is 64.2 cm³/mol. The molecule has 0 bridgehead atoms. The lowest BCUT2D eigenvalue weighted by molar-refractivity contribution is -0.130. The molecule has 0 aromatic heterocycles. The van der Waals surface area contributed by atoms with Gasteiger partial charge in [0.05, 0.1) is 5.60 Å². The standard InChI is InChI=1S/C14H22O2/c1-13(2)7-10-8-14(3,16-4)6-5-11(10)12(15)9-13/h5-6,10-11H,7-9H2,1-4H3/t10-,11?,14-/m1/s1. The van der Waals surface area contributed by atoms with Crippen molar-refractivity contribution in [3.8, 4) is 0 Å². The molecule has 0 heterocycles. The summed E-state index contributed by atoms with van der Waals surface area (Å²) in [4.78, 5) is 12.1. The average molecular weight is 222 g/mol. The molecule has 0 aromatic carbocycles. The summed E-state index contributed by atoms with van der Waals surface area (Å²) in [5.74, 6) is 1.03. The van der Waals surface area contributed by atoms with Crippen LogP contribution < -0.4 is 0 Å². The van der Waals surface area contributed by atoms with Crippen LogP contribution in [-0.4, -0.2) is 18.5 Å². The Hall–Kier alpha value is -0.630. The molecular weight excluding hydrogens is 200 g/mol. The van der Waals surface area contributed by atoms with Crippen molar-refractivity contribution in [1.82, 2.24) is 0 Å². The summed E-state index contributed by atoms with van der Waals surface area (Å²) in [6.45, 7) is 6.50. The molecule has 0 N–H and O–H groups in total. The number of carbonyl (C=O) groups excluding carboxylic acids is 1. The van der Waals surface area contributed by atoms with E-state index in [-0.39, 0.29) is 16.9 Å². The molecule has 0 radical (unpaired) electrons. The Morgan fingerprint density at radius 2 is 2.00 bits per heavy atom. The fraction of sp³-hybridized carbons (Fsp3) is 0.786. The molecule has 90 valence electrons. The summed E-state index contributed by atoms with van der Waals surface area (Å²) in [6.07, 6.45) is 6.98. The minimum atomic E-state index is -0.172. The van der Waals surface area contributed by atoms with Gasteiger partial charge in [0.2, 0.25) is 0 Å². The minimum absolute atomic E-state index is 0.149. The van der Waals surface area contributed by atoms with Crippen LogP contribution in [0.5, 0.6) is 0 Å². The molecular formula is C14H22O2. The number of rotatable bonds is 1. The number of ketones is 1. The number of carbonyl (C=O) groups is 1. The maximum absolute atomic E-state index is 12.1. The van der Waals surface area contributed by atoms with Crippen molar-refractivity contribution >= 4 is 5.78 Å². The molecule has 3 atom stereocenters. The van der Waals surface area contributed by atoms with E-state index in [1.165, 1.54) is 0 Å². The van der Waals surface area contributed by atoms with E-state index in [0.29, 0.717) is 11.7 Å². The summed E-state index contributed by atoms with van der Waals surface area (Å²) in [6, 6.07) is 0. The highest BCUT2D eigenvalue weighted by Crippen LogP contribution is 2.46. The van der Waals surface area contributed by atoms with Crippen LogP contribution >= 0.6 is 0 Å². The first-order valence-electron chi connectivity index (χ1n) is 6.12. The maximum Gasteiger partial charge on any atom is 0.140 e. The van der Waals surface area contributed by atoms with Gasteiger partial charge >= 0.3 is 0 Å². The zero-order valence-corrected chi connectivity index (χ0v) is 10.7. The Bertz CT molecular complexity index is 330. The van der Waals surface area contributed by atoms with Crippen LogP contribution in [0.15, 0.2) is 12.2 Å². The van der Waals surface area contributed by atoms with E-state index in [2.05, 4.69) is 32.9 Å². The van der Waals surface area contributed by atoms with Crippen LogP contribution in [0, 0.1) is 17.3 Å². The second kappa shape index (κ2) is 3.69. The van der Waals surface area contributed by atoms with Gasteiger partial charge in [-0.25, -0.2) is 0 Å². The first-order valence-corrected chi connectivity index (χ1v) is 6.12. The fourth-order valence-electron chi connectivity index (χ4n) is 3.27. The number of ether oxygens (including phenoxy) is 1. The number of Topliss-reactive ketones (excluding diaryl/α,β-unsaturated/α-hetero) is 1. The molecule has 0 amide bonds. The molecule has 2 rings (SSSR count). The van der Waals surface area contributed by atoms with Gasteiger partial charge in [0.1, 0.15) is 5.78 Å². The van der Waals surface area contributed by atoms with Crippen molar-refractivity contribution in [2.24, 2.45) is 17.3 Å². The van der Waals surface area contributed by atoms with Gasteiger partial charge in [-0.05, 0) is 31.1 Å². The Morgan fingerprint density at radius 1 is 1.31 bits per heavy atom. The van der Waals surface area contributed by atoms with Crippen LogP contribution in [-0.2, 0) is 9.53 Å². The highest BCUT2D eigenvalue weighted by molar-refractivity contribution is 5.84. The highest BCUT2D eigenvalue weighted by atomic mass is 16.5. The number of allylic oxidation sites excluding steroid dienone is 1. The van der Waals surface area contributed by atoms with Crippen molar-refractivity contribution < 1.29 is 9.53 Å². The third-order valence-corrected chi connectivity index (χ3v) is 4.14. The topological polar surface area (TPSA) is 26.3 Å². The van der Waals surface area contributed by atoms with Gasteiger partial charge in [-0.2, -0.15) is 0 Å². The number of hydrogen-bond acceptors (Lipinski definition) is 2. The number of methoxy groups -OCH3 is 1. The monoisotopic (exact) mass is 222 g/mol. The average Bonchev–Trinajstić information content (AvgIpc) is 2.15. The molecule has 2 aliphatic rings. The number of fused-ring (bicyclic) bond motifs is 1. The van der Waals surface area contributed by atoms with E-state index >= 15 is 0 Å². The molecule has 1 unspecified atom stereocenters. The molecule has 0 aromatic rings. The number of hydrogen-bond donors (Lipinski definition) is 0. The van der Waals surface area contributed by atoms with Gasteiger partial charge in [0.15, 0.2) is 0 Å². The summed E-state index contributed by atoms with van der Waals surface area (Å²) in [5.41, 5.74) is -0.00700. The Morgan fingerprint density at radius 3 is 2.62 bits per heavy atom. The van der Waals surface area contributed by atoms with Crippen LogP contribution in [0.3, 0.4) is 0 Å². The first kappa shape index (κ1) is 11.8. The fourth-order valence-corrected chi connectivity index (χ4v) is 3.27. The third kappa shape index (κ3) is 2.08. The van der Waals surface area contributed by atoms with Crippen molar-refractivity contribution in [3.63, 3.8) is 0 Å². The molecule has 0 aliphatic heterocycles. The van der Waals surface area contributed by atoms with Crippen molar-refractivity contribution in [2.75, 3.05) is 7.11 Å². The van der Waals surface area contributed by atoms with Gasteiger partial charge < -0.3 is 4.74 Å².